The molecule has 11 aromatic rings. The zero-order chi connectivity index (χ0) is 38.4. The van der Waals surface area contributed by atoms with Crippen LogP contribution in [-0.2, 0) is 5.41 Å². The third-order valence-corrected chi connectivity index (χ3v) is 14.0. The van der Waals surface area contributed by atoms with E-state index in [2.05, 4.69) is 206 Å². The first-order valence-corrected chi connectivity index (χ1v) is 20.8. The third-order valence-electron chi connectivity index (χ3n) is 14.0. The summed E-state index contributed by atoms with van der Waals surface area (Å²) in [5.41, 5.74) is 20.7. The van der Waals surface area contributed by atoms with Crippen LogP contribution in [0.2, 0.25) is 0 Å². The van der Waals surface area contributed by atoms with E-state index in [1.165, 1.54) is 132 Å². The molecule has 270 valence electrons. The van der Waals surface area contributed by atoms with E-state index in [1.807, 2.05) is 0 Å². The number of hydrogen-bond donors (Lipinski definition) is 0. The van der Waals surface area contributed by atoms with E-state index in [0.717, 1.165) is 0 Å². The lowest BCUT2D eigenvalue weighted by atomic mass is 9.68. The first kappa shape index (κ1) is 31.5. The van der Waals surface area contributed by atoms with Crippen molar-refractivity contribution in [2.45, 2.75) is 5.41 Å². The van der Waals surface area contributed by atoms with Gasteiger partial charge in [-0.25, -0.2) is 0 Å². The van der Waals surface area contributed by atoms with Gasteiger partial charge in [-0.2, -0.15) is 0 Å². The van der Waals surface area contributed by atoms with Crippen LogP contribution in [0.4, 0.5) is 0 Å². The number of benzene rings is 11. The largest absolute Gasteiger partial charge is 0.0737 e. The maximum Gasteiger partial charge on any atom is 0.0737 e. The third kappa shape index (κ3) is 3.89. The van der Waals surface area contributed by atoms with Gasteiger partial charge in [0, 0.05) is 0 Å². The van der Waals surface area contributed by atoms with E-state index < -0.39 is 5.41 Å². The summed E-state index contributed by atoms with van der Waals surface area (Å²) >= 11 is 0. The Bertz CT molecular complexity index is 3600. The first-order chi connectivity index (χ1) is 29.3. The molecule has 0 saturated carbocycles. The molecule has 0 radical (unpaired) electrons. The number of hydrogen-bond acceptors (Lipinski definition) is 0. The fourth-order valence-corrected chi connectivity index (χ4v) is 11.7. The van der Waals surface area contributed by atoms with Crippen molar-refractivity contribution in [1.82, 2.24) is 0 Å². The Morgan fingerprint density at radius 1 is 0.254 bits per heavy atom. The number of fused-ring (bicyclic) bond motifs is 20. The molecule has 0 atom stereocenters. The molecular formula is C59H34. The van der Waals surface area contributed by atoms with Crippen molar-refractivity contribution in [3.05, 3.63) is 229 Å². The molecule has 0 heteroatoms. The average molecular weight is 743 g/mol. The Labute approximate surface area is 342 Å². The molecule has 0 aromatic heterocycles. The highest BCUT2D eigenvalue weighted by atomic mass is 14.5. The van der Waals surface area contributed by atoms with Gasteiger partial charge in [0.05, 0.1) is 5.41 Å². The second-order valence-electron chi connectivity index (χ2n) is 16.6. The van der Waals surface area contributed by atoms with Gasteiger partial charge < -0.3 is 0 Å². The Kier molecular flexibility index (Phi) is 6.05. The molecule has 1 spiro atoms. The van der Waals surface area contributed by atoms with Crippen molar-refractivity contribution in [1.29, 1.82) is 0 Å². The summed E-state index contributed by atoms with van der Waals surface area (Å²) in [5, 5.41) is 10.5. The highest BCUT2D eigenvalue weighted by Gasteiger charge is 2.53. The molecule has 0 saturated heterocycles. The molecule has 11 aromatic carbocycles. The van der Waals surface area contributed by atoms with E-state index in [9.17, 15) is 0 Å². The Morgan fingerprint density at radius 2 is 0.814 bits per heavy atom. The Balaban J connectivity index is 1.04. The summed E-state index contributed by atoms with van der Waals surface area (Å²) in [6.45, 7) is 0. The molecule has 0 N–H and O–H groups in total. The van der Waals surface area contributed by atoms with E-state index in [4.69, 9.17) is 0 Å². The van der Waals surface area contributed by atoms with Gasteiger partial charge in [0.2, 0.25) is 0 Å². The summed E-state index contributed by atoms with van der Waals surface area (Å²) in [5.74, 6) is 0. The monoisotopic (exact) mass is 742 g/mol. The lowest BCUT2D eigenvalue weighted by Gasteiger charge is -2.32. The van der Waals surface area contributed by atoms with Gasteiger partial charge in [-0.15, -0.1) is 0 Å². The summed E-state index contributed by atoms with van der Waals surface area (Å²) in [6.07, 6.45) is 0. The SMILES string of the molecule is c1cc(-c2ccc3c4c(c5ccccc5c3c2)-c2ccc3ccccc3c2C42c3ccccc3-c3ccccc32)cc(-c2ccc3c4c(cccc24)-c2ccccc2-3)c1. The van der Waals surface area contributed by atoms with Crippen LogP contribution in [0.5, 0.6) is 0 Å². The maximum absolute atomic E-state index is 2.47. The molecule has 0 fully saturated rings. The lowest BCUT2D eigenvalue weighted by Crippen LogP contribution is -2.26. The lowest BCUT2D eigenvalue weighted by molar-refractivity contribution is 0.809. The van der Waals surface area contributed by atoms with Gasteiger partial charge in [-0.1, -0.05) is 194 Å². The highest BCUT2D eigenvalue weighted by Crippen LogP contribution is 2.66. The Morgan fingerprint density at radius 3 is 1.61 bits per heavy atom. The van der Waals surface area contributed by atoms with Gasteiger partial charge in [-0.05, 0) is 144 Å². The maximum atomic E-state index is 2.47. The fourth-order valence-electron chi connectivity index (χ4n) is 11.7. The van der Waals surface area contributed by atoms with Crippen molar-refractivity contribution < 1.29 is 0 Å². The second kappa shape index (κ2) is 11.3. The van der Waals surface area contributed by atoms with Crippen LogP contribution in [0.3, 0.4) is 0 Å². The van der Waals surface area contributed by atoms with Gasteiger partial charge in [0.15, 0.2) is 0 Å². The van der Waals surface area contributed by atoms with Crippen LogP contribution >= 0.6 is 0 Å². The summed E-state index contributed by atoms with van der Waals surface area (Å²) in [7, 11) is 0. The zero-order valence-electron chi connectivity index (χ0n) is 32.1. The topological polar surface area (TPSA) is 0 Å². The molecular weight excluding hydrogens is 709 g/mol. The molecule has 3 aliphatic carbocycles. The molecule has 0 amide bonds. The molecule has 0 heterocycles. The highest BCUT2D eigenvalue weighted by molar-refractivity contribution is 6.22. The zero-order valence-corrected chi connectivity index (χ0v) is 32.1. The van der Waals surface area contributed by atoms with Gasteiger partial charge >= 0.3 is 0 Å². The second-order valence-corrected chi connectivity index (χ2v) is 16.6. The van der Waals surface area contributed by atoms with Gasteiger partial charge in [0.25, 0.3) is 0 Å². The van der Waals surface area contributed by atoms with Crippen molar-refractivity contribution in [3.63, 3.8) is 0 Å². The van der Waals surface area contributed by atoms with Crippen LogP contribution in [-0.4, -0.2) is 0 Å². The predicted molar refractivity (Wildman–Crippen MR) is 248 cm³/mol. The van der Waals surface area contributed by atoms with Crippen LogP contribution in [0.1, 0.15) is 22.3 Å². The van der Waals surface area contributed by atoms with E-state index in [0.29, 0.717) is 0 Å². The minimum Gasteiger partial charge on any atom is -0.0619 e. The summed E-state index contributed by atoms with van der Waals surface area (Å²) in [6, 6.07) is 78.0. The summed E-state index contributed by atoms with van der Waals surface area (Å²) in [4.78, 5) is 0. The molecule has 0 bridgehead atoms. The van der Waals surface area contributed by atoms with Crippen molar-refractivity contribution in [3.8, 4) is 66.8 Å². The first-order valence-electron chi connectivity index (χ1n) is 20.8. The molecule has 0 nitrogen and oxygen atoms in total. The van der Waals surface area contributed by atoms with Crippen molar-refractivity contribution in [2.24, 2.45) is 0 Å². The van der Waals surface area contributed by atoms with Crippen LogP contribution in [0.15, 0.2) is 206 Å². The predicted octanol–water partition coefficient (Wildman–Crippen LogP) is 15.6. The van der Waals surface area contributed by atoms with Crippen LogP contribution in [0, 0.1) is 0 Å². The van der Waals surface area contributed by atoms with Gasteiger partial charge in [0.1, 0.15) is 0 Å². The van der Waals surface area contributed by atoms with Crippen LogP contribution in [0.25, 0.3) is 110 Å². The smallest absolute Gasteiger partial charge is 0.0619 e. The van der Waals surface area contributed by atoms with E-state index >= 15 is 0 Å². The fraction of sp³-hybridized carbons (Fsp3) is 0.0169. The van der Waals surface area contributed by atoms with E-state index in [-0.39, 0.29) is 0 Å². The molecule has 0 aliphatic heterocycles. The quantitative estimate of drug-likeness (QED) is 0.155. The molecule has 14 rings (SSSR count). The molecule has 59 heavy (non-hydrogen) atoms. The van der Waals surface area contributed by atoms with Gasteiger partial charge in [-0.3, -0.25) is 0 Å². The number of rotatable bonds is 2. The van der Waals surface area contributed by atoms with E-state index in [1.54, 1.807) is 0 Å². The normalized spacial score (nSPS) is 13.6. The minimum atomic E-state index is -0.474. The van der Waals surface area contributed by atoms with Crippen LogP contribution < -0.4 is 0 Å². The van der Waals surface area contributed by atoms with Crippen molar-refractivity contribution in [2.75, 3.05) is 0 Å². The standard InChI is InChI=1S/C59H34/c1-2-16-40-35(13-1)27-30-51-56-48-22-6-5-19-43(48)52-34-37(28-29-50(52)58(56)59(57(40)51)53-25-9-7-20-44(53)45-21-8-10-26-54(45)59)36-14-11-15-38(33-36)39-31-32-49-42-18-4-3-17-41(42)47-24-12-23-46(39)55(47)49/h1-34H. The average Bonchev–Trinajstić information content (AvgIpc) is 3.92. The van der Waals surface area contributed by atoms with Crippen molar-refractivity contribution >= 4 is 43.1 Å². The molecule has 0 unspecified atom stereocenters. The Hall–Kier alpha value is -7.54. The minimum absolute atomic E-state index is 0.474. The summed E-state index contributed by atoms with van der Waals surface area (Å²) < 4.78 is 0. The molecule has 3 aliphatic rings.